The number of aliphatic hydroxyl groups excluding tert-OH is 1. The van der Waals surface area contributed by atoms with Crippen molar-refractivity contribution in [3.8, 4) is 16.9 Å². The fourth-order valence-corrected chi connectivity index (χ4v) is 5.95. The number of carbonyl (C=O) groups excluding carboxylic acids is 1. The summed E-state index contributed by atoms with van der Waals surface area (Å²) in [7, 11) is 1.48. The molecule has 0 spiro atoms. The number of amides is 1. The number of fused-ring (bicyclic) bond motifs is 1. The third-order valence-electron chi connectivity index (χ3n) is 8.98. The maximum atomic E-state index is 15.4. The van der Waals surface area contributed by atoms with E-state index in [1.54, 1.807) is 48.2 Å². The molecule has 12 nitrogen and oxygen atoms in total. The number of hydrogen-bond acceptors (Lipinski definition) is 9. The molecule has 1 amide bonds. The van der Waals surface area contributed by atoms with Crippen LogP contribution in [0.2, 0.25) is 0 Å². The SMILES string of the molecule is Cn1nc(-c2cccc(-n3ncc4cc(C(C)(C)C)cc(F)c4c3=O)c2CO)cc(Nc2ccc(C(=O)N3CCC(C)(O)CC3)cn2)c1=O. The molecule has 0 radical (unpaired) electrons. The molecule has 5 aromatic rings. The highest BCUT2D eigenvalue weighted by Gasteiger charge is 2.30. The zero-order chi connectivity index (χ0) is 35.2. The van der Waals surface area contributed by atoms with Crippen LogP contribution in [-0.2, 0) is 19.1 Å². The van der Waals surface area contributed by atoms with E-state index in [4.69, 9.17) is 0 Å². The zero-order valence-electron chi connectivity index (χ0n) is 28.0. The maximum absolute atomic E-state index is 15.4. The van der Waals surface area contributed by atoms with Gasteiger partial charge >= 0.3 is 0 Å². The van der Waals surface area contributed by atoms with E-state index in [2.05, 4.69) is 20.5 Å². The fraction of sp³-hybridized carbons (Fsp3) is 0.333. The molecular weight excluding hydrogens is 629 g/mol. The fourth-order valence-electron chi connectivity index (χ4n) is 5.95. The van der Waals surface area contributed by atoms with Crippen molar-refractivity contribution in [3.63, 3.8) is 0 Å². The molecule has 0 atom stereocenters. The second kappa shape index (κ2) is 12.6. The minimum Gasteiger partial charge on any atom is -0.392 e. The summed E-state index contributed by atoms with van der Waals surface area (Å²) in [6.07, 6.45) is 3.84. The van der Waals surface area contributed by atoms with Crippen LogP contribution >= 0.6 is 0 Å². The van der Waals surface area contributed by atoms with Crippen LogP contribution in [0.25, 0.3) is 27.7 Å². The molecule has 4 heterocycles. The second-order valence-corrected chi connectivity index (χ2v) is 13.7. The first-order valence-corrected chi connectivity index (χ1v) is 16.0. The van der Waals surface area contributed by atoms with Gasteiger partial charge in [-0.3, -0.25) is 14.4 Å². The highest BCUT2D eigenvalue weighted by molar-refractivity contribution is 5.94. The molecule has 1 aliphatic rings. The molecule has 0 unspecified atom stereocenters. The van der Waals surface area contributed by atoms with Crippen molar-refractivity contribution in [2.45, 2.75) is 58.2 Å². The Morgan fingerprint density at radius 3 is 2.43 bits per heavy atom. The number of nitrogens with zero attached hydrogens (tertiary/aromatic N) is 6. The van der Waals surface area contributed by atoms with E-state index in [9.17, 15) is 24.6 Å². The quantitative estimate of drug-likeness (QED) is 0.242. The number of pyridine rings is 1. The van der Waals surface area contributed by atoms with Crippen LogP contribution in [0.3, 0.4) is 0 Å². The van der Waals surface area contributed by atoms with Crippen molar-refractivity contribution < 1.29 is 19.4 Å². The van der Waals surface area contributed by atoms with Gasteiger partial charge < -0.3 is 20.4 Å². The number of rotatable bonds is 6. The second-order valence-electron chi connectivity index (χ2n) is 13.7. The summed E-state index contributed by atoms with van der Waals surface area (Å²) in [5, 5.41) is 32.7. The van der Waals surface area contributed by atoms with Gasteiger partial charge in [0.1, 0.15) is 17.3 Å². The number of aromatic nitrogens is 5. The number of nitrogens with one attached hydrogen (secondary N) is 1. The summed E-state index contributed by atoms with van der Waals surface area (Å²) in [6, 6.07) is 12.8. The largest absolute Gasteiger partial charge is 0.392 e. The number of halogens is 1. The average Bonchev–Trinajstić information content (AvgIpc) is 3.06. The van der Waals surface area contributed by atoms with E-state index >= 15 is 4.39 Å². The Morgan fingerprint density at radius 1 is 1.04 bits per heavy atom. The smallest absolute Gasteiger partial charge is 0.290 e. The number of benzene rings is 2. The lowest BCUT2D eigenvalue weighted by atomic mass is 9.86. The lowest BCUT2D eigenvalue weighted by Crippen LogP contribution is -2.45. The van der Waals surface area contributed by atoms with Gasteiger partial charge in [0.05, 0.1) is 40.7 Å². The predicted octanol–water partition coefficient (Wildman–Crippen LogP) is 4.20. The Hall–Kier alpha value is -5.27. The number of piperidine rings is 1. The van der Waals surface area contributed by atoms with Gasteiger partial charge in [0, 0.05) is 42.8 Å². The monoisotopic (exact) mass is 667 g/mol. The van der Waals surface area contributed by atoms with Crippen molar-refractivity contribution >= 4 is 28.2 Å². The van der Waals surface area contributed by atoms with Crippen molar-refractivity contribution in [2.75, 3.05) is 18.4 Å². The molecule has 1 fully saturated rings. The number of aliphatic hydroxyl groups is 2. The molecule has 3 aromatic heterocycles. The van der Waals surface area contributed by atoms with Crippen LogP contribution in [-0.4, -0.2) is 64.3 Å². The maximum Gasteiger partial charge on any atom is 0.290 e. The normalized spacial score (nSPS) is 14.7. The summed E-state index contributed by atoms with van der Waals surface area (Å²) >= 11 is 0. The first kappa shape index (κ1) is 33.6. The van der Waals surface area contributed by atoms with E-state index in [-0.39, 0.29) is 28.1 Å². The summed E-state index contributed by atoms with van der Waals surface area (Å²) in [5.74, 6) is -0.537. The zero-order valence-corrected chi connectivity index (χ0v) is 28.0. The third-order valence-corrected chi connectivity index (χ3v) is 8.98. The van der Waals surface area contributed by atoms with Crippen molar-refractivity contribution in [3.05, 3.63) is 104 Å². The number of anilines is 2. The molecule has 0 bridgehead atoms. The molecule has 254 valence electrons. The Labute approximate surface area is 281 Å². The Morgan fingerprint density at radius 2 is 1.78 bits per heavy atom. The Balaban J connectivity index is 1.33. The summed E-state index contributed by atoms with van der Waals surface area (Å²) in [5.41, 5.74) is 0.237. The Kier molecular flexibility index (Phi) is 8.67. The Bertz CT molecular complexity index is 2190. The van der Waals surface area contributed by atoms with Crippen LogP contribution < -0.4 is 16.4 Å². The number of hydrogen-bond donors (Lipinski definition) is 3. The topological polar surface area (TPSA) is 155 Å². The van der Waals surface area contributed by atoms with E-state index in [0.717, 1.165) is 14.9 Å². The van der Waals surface area contributed by atoms with Gasteiger partial charge in [0.2, 0.25) is 0 Å². The van der Waals surface area contributed by atoms with Gasteiger partial charge in [0.25, 0.3) is 17.0 Å². The van der Waals surface area contributed by atoms with Crippen LogP contribution in [0.5, 0.6) is 0 Å². The molecule has 0 aliphatic carbocycles. The van der Waals surface area contributed by atoms with E-state index in [1.165, 1.54) is 31.6 Å². The van der Waals surface area contributed by atoms with Crippen LogP contribution in [0, 0.1) is 5.82 Å². The van der Waals surface area contributed by atoms with E-state index in [0.29, 0.717) is 59.5 Å². The number of likely N-dealkylation sites (tertiary alicyclic amines) is 1. The van der Waals surface area contributed by atoms with Crippen molar-refractivity contribution in [1.82, 2.24) is 29.4 Å². The molecule has 6 rings (SSSR count). The average molecular weight is 668 g/mol. The van der Waals surface area contributed by atoms with Gasteiger partial charge in [0.15, 0.2) is 0 Å². The highest BCUT2D eigenvalue weighted by atomic mass is 19.1. The van der Waals surface area contributed by atoms with E-state index in [1.807, 2.05) is 20.8 Å². The molecule has 1 aliphatic heterocycles. The van der Waals surface area contributed by atoms with Crippen LogP contribution in [0.15, 0.2) is 70.5 Å². The third kappa shape index (κ3) is 6.59. The number of carbonyl (C=O) groups is 1. The van der Waals surface area contributed by atoms with Gasteiger partial charge in [-0.1, -0.05) is 32.9 Å². The molecule has 0 saturated carbocycles. The van der Waals surface area contributed by atoms with Gasteiger partial charge in [-0.15, -0.1) is 0 Å². The molecule has 49 heavy (non-hydrogen) atoms. The molecule has 3 N–H and O–H groups in total. The molecular formula is C36H38FN7O5. The van der Waals surface area contributed by atoms with Crippen molar-refractivity contribution in [2.24, 2.45) is 7.05 Å². The summed E-state index contributed by atoms with van der Waals surface area (Å²) < 4.78 is 17.6. The lowest BCUT2D eigenvalue weighted by Gasteiger charge is -2.35. The highest BCUT2D eigenvalue weighted by Crippen LogP contribution is 2.30. The molecule has 2 aromatic carbocycles. The first-order valence-electron chi connectivity index (χ1n) is 16.0. The first-order chi connectivity index (χ1) is 23.2. The minimum atomic E-state index is -0.779. The van der Waals surface area contributed by atoms with Crippen LogP contribution in [0.4, 0.5) is 15.9 Å². The van der Waals surface area contributed by atoms with Gasteiger partial charge in [-0.25, -0.2) is 14.1 Å². The van der Waals surface area contributed by atoms with Crippen molar-refractivity contribution in [1.29, 1.82) is 0 Å². The van der Waals surface area contributed by atoms with Crippen LogP contribution in [0.1, 0.15) is 62.0 Å². The van der Waals surface area contributed by atoms with Gasteiger partial charge in [-0.2, -0.15) is 14.9 Å². The van der Waals surface area contributed by atoms with E-state index < -0.39 is 29.1 Å². The summed E-state index contributed by atoms with van der Waals surface area (Å²) in [6.45, 7) is 8.00. The standard InChI is InChI=1S/C36H38FN7O5/c1-35(2,3)23-15-22-19-39-44(34(48)31(22)26(37)16-23)29-8-6-7-24(25(29)20-45)27-17-28(33(47)42(5)41-27)40-30-10-9-21(18-38-30)32(46)43-13-11-36(4,49)12-14-43/h6-10,15-19,45,49H,11-14,20H2,1-5H3,(H,38,40). The lowest BCUT2D eigenvalue weighted by molar-refractivity contribution is -0.00203. The predicted molar refractivity (Wildman–Crippen MR) is 184 cm³/mol. The van der Waals surface area contributed by atoms with Gasteiger partial charge in [-0.05, 0) is 67.1 Å². The molecule has 13 heteroatoms. The minimum absolute atomic E-state index is 0.117. The summed E-state index contributed by atoms with van der Waals surface area (Å²) in [4.78, 5) is 45.7. The molecule has 1 saturated heterocycles. The number of aryl methyl sites for hydroxylation is 1.